The molecule has 0 amide bonds. The van der Waals surface area contributed by atoms with Gasteiger partial charge in [0.05, 0.1) is 6.54 Å². The fourth-order valence-corrected chi connectivity index (χ4v) is 3.16. The van der Waals surface area contributed by atoms with Crippen molar-refractivity contribution in [1.29, 1.82) is 0 Å². The van der Waals surface area contributed by atoms with Crippen LogP contribution in [0.5, 0.6) is 5.75 Å². The molecule has 0 aliphatic carbocycles. The van der Waals surface area contributed by atoms with Crippen LogP contribution in [-0.2, 0) is 6.54 Å². The molecule has 3 rings (SSSR count). The van der Waals surface area contributed by atoms with Gasteiger partial charge in [0.1, 0.15) is 18.7 Å². The number of ether oxygens (including phenoxy) is 1. The third-order valence-electron chi connectivity index (χ3n) is 4.53. The molecule has 2 N–H and O–H groups in total. The Kier molecular flexibility index (Phi) is 9.10. The van der Waals surface area contributed by atoms with Crippen molar-refractivity contribution in [2.45, 2.75) is 20.4 Å². The zero-order chi connectivity index (χ0) is 20.6. The van der Waals surface area contributed by atoms with Crippen molar-refractivity contribution in [3.63, 3.8) is 0 Å². The zero-order valence-corrected chi connectivity index (χ0v) is 20.2. The van der Waals surface area contributed by atoms with Crippen LogP contribution in [0.1, 0.15) is 16.7 Å². The van der Waals surface area contributed by atoms with Gasteiger partial charge in [-0.15, -0.1) is 24.0 Å². The van der Waals surface area contributed by atoms with Crippen LogP contribution < -0.4 is 10.1 Å². The van der Waals surface area contributed by atoms with E-state index in [2.05, 4.69) is 74.6 Å². The molecule has 1 heterocycles. The molecule has 0 saturated heterocycles. The van der Waals surface area contributed by atoms with E-state index < -0.39 is 0 Å². The second-order valence-electron chi connectivity index (χ2n) is 7.03. The van der Waals surface area contributed by atoms with E-state index in [0.29, 0.717) is 13.2 Å². The number of aliphatic imine (C=N–C) groups is 1. The molecule has 0 fully saturated rings. The molecule has 2 aromatic carbocycles. The summed E-state index contributed by atoms with van der Waals surface area (Å²) >= 11 is 0. The van der Waals surface area contributed by atoms with Crippen molar-refractivity contribution in [2.24, 2.45) is 4.99 Å². The SMILES string of the molecule is CN=C(NCc1cccc(-c2ncn[nH]2)c1)N(C)CCOc1cc(C)cc(C)c1.I. The van der Waals surface area contributed by atoms with Gasteiger partial charge in [-0.3, -0.25) is 10.1 Å². The molecule has 0 spiro atoms. The van der Waals surface area contributed by atoms with Gasteiger partial charge in [-0.25, -0.2) is 4.98 Å². The summed E-state index contributed by atoms with van der Waals surface area (Å²) in [6, 6.07) is 14.4. The third kappa shape index (κ3) is 6.72. The first-order chi connectivity index (χ1) is 14.0. The van der Waals surface area contributed by atoms with Crippen LogP contribution >= 0.6 is 24.0 Å². The second-order valence-corrected chi connectivity index (χ2v) is 7.03. The fourth-order valence-electron chi connectivity index (χ4n) is 3.16. The number of benzene rings is 2. The predicted octanol–water partition coefficient (Wildman–Crippen LogP) is 3.79. The second kappa shape index (κ2) is 11.5. The number of nitrogens with zero attached hydrogens (tertiary/aromatic N) is 4. The first kappa shape index (κ1) is 23.7. The van der Waals surface area contributed by atoms with E-state index in [9.17, 15) is 0 Å². The van der Waals surface area contributed by atoms with E-state index in [1.807, 2.05) is 19.2 Å². The summed E-state index contributed by atoms with van der Waals surface area (Å²) in [5.74, 6) is 2.49. The Morgan fingerprint density at radius 1 is 1.17 bits per heavy atom. The summed E-state index contributed by atoms with van der Waals surface area (Å²) in [6.07, 6.45) is 1.51. The maximum atomic E-state index is 5.91. The summed E-state index contributed by atoms with van der Waals surface area (Å²) in [6.45, 7) is 6.13. The first-order valence-electron chi connectivity index (χ1n) is 9.62. The van der Waals surface area contributed by atoms with Gasteiger partial charge >= 0.3 is 0 Å². The lowest BCUT2D eigenvalue weighted by molar-refractivity contribution is 0.281. The first-order valence-corrected chi connectivity index (χ1v) is 9.62. The van der Waals surface area contributed by atoms with Crippen molar-refractivity contribution < 1.29 is 4.74 Å². The summed E-state index contributed by atoms with van der Waals surface area (Å²) < 4.78 is 5.91. The van der Waals surface area contributed by atoms with E-state index in [-0.39, 0.29) is 24.0 Å². The minimum absolute atomic E-state index is 0. The zero-order valence-electron chi connectivity index (χ0n) is 17.8. The highest BCUT2D eigenvalue weighted by Gasteiger charge is 2.07. The Morgan fingerprint density at radius 2 is 1.93 bits per heavy atom. The van der Waals surface area contributed by atoms with E-state index in [1.165, 1.54) is 17.5 Å². The number of rotatable bonds is 7. The number of hydrogen-bond donors (Lipinski definition) is 2. The topological polar surface area (TPSA) is 78.4 Å². The highest BCUT2D eigenvalue weighted by molar-refractivity contribution is 14.0. The predicted molar refractivity (Wildman–Crippen MR) is 131 cm³/mol. The van der Waals surface area contributed by atoms with Gasteiger partial charge in [0.2, 0.25) is 0 Å². The van der Waals surface area contributed by atoms with Crippen LogP contribution in [-0.4, -0.2) is 53.3 Å². The molecule has 3 aromatic rings. The number of hydrogen-bond acceptors (Lipinski definition) is 4. The molecule has 0 radical (unpaired) electrons. The van der Waals surface area contributed by atoms with Gasteiger partial charge in [-0.05, 0) is 48.7 Å². The smallest absolute Gasteiger partial charge is 0.193 e. The quantitative estimate of drug-likeness (QED) is 0.282. The molecular formula is C22H29IN6O. The Morgan fingerprint density at radius 3 is 2.60 bits per heavy atom. The number of nitrogens with one attached hydrogen (secondary N) is 2. The van der Waals surface area contributed by atoms with Gasteiger partial charge in [-0.2, -0.15) is 5.10 Å². The molecule has 0 atom stereocenters. The fraction of sp³-hybridized carbons (Fsp3) is 0.318. The van der Waals surface area contributed by atoms with Crippen molar-refractivity contribution in [1.82, 2.24) is 25.4 Å². The average molecular weight is 520 g/mol. The molecule has 0 unspecified atom stereocenters. The highest BCUT2D eigenvalue weighted by Crippen LogP contribution is 2.16. The standard InChI is InChI=1S/C22H28N6O.HI/c1-16-10-17(2)12-20(11-16)29-9-8-28(4)22(23-3)24-14-18-6-5-7-19(13-18)21-25-15-26-27-21;/h5-7,10-13,15H,8-9,14H2,1-4H3,(H,23,24)(H,25,26,27);1H. The van der Waals surface area contributed by atoms with Crippen LogP contribution in [0.4, 0.5) is 0 Å². The number of guanidine groups is 1. The maximum Gasteiger partial charge on any atom is 0.193 e. The normalized spacial score (nSPS) is 11.0. The number of aryl methyl sites for hydroxylation is 2. The molecule has 8 heteroatoms. The van der Waals surface area contributed by atoms with Gasteiger partial charge in [0.25, 0.3) is 0 Å². The maximum absolute atomic E-state index is 5.91. The largest absolute Gasteiger partial charge is 0.492 e. The third-order valence-corrected chi connectivity index (χ3v) is 4.53. The lowest BCUT2D eigenvalue weighted by atomic mass is 10.1. The summed E-state index contributed by atoms with van der Waals surface area (Å²) in [5, 5.41) is 10.2. The number of halogens is 1. The number of H-pyrrole nitrogens is 1. The van der Waals surface area contributed by atoms with Crippen LogP contribution in [0.15, 0.2) is 53.8 Å². The molecule has 7 nitrogen and oxygen atoms in total. The molecule has 0 aliphatic heterocycles. The van der Waals surface area contributed by atoms with Crippen molar-refractivity contribution >= 4 is 29.9 Å². The minimum atomic E-state index is 0. The lowest BCUT2D eigenvalue weighted by Crippen LogP contribution is -2.40. The van der Waals surface area contributed by atoms with Crippen molar-refractivity contribution in [3.8, 4) is 17.1 Å². The van der Waals surface area contributed by atoms with E-state index in [4.69, 9.17) is 4.74 Å². The highest BCUT2D eigenvalue weighted by atomic mass is 127. The Hall–Kier alpha value is -2.62. The average Bonchev–Trinajstić information content (AvgIpc) is 3.23. The lowest BCUT2D eigenvalue weighted by Gasteiger charge is -2.22. The van der Waals surface area contributed by atoms with Crippen LogP contribution in [0.3, 0.4) is 0 Å². The van der Waals surface area contributed by atoms with E-state index in [1.54, 1.807) is 7.05 Å². The van der Waals surface area contributed by atoms with Gasteiger partial charge in [-0.1, -0.05) is 24.3 Å². The number of likely N-dealkylation sites (N-methyl/N-ethyl adjacent to an activating group) is 1. The molecule has 0 bridgehead atoms. The molecular weight excluding hydrogens is 491 g/mol. The van der Waals surface area contributed by atoms with E-state index in [0.717, 1.165) is 35.2 Å². The van der Waals surface area contributed by atoms with Crippen LogP contribution in [0.2, 0.25) is 0 Å². The Labute approximate surface area is 195 Å². The van der Waals surface area contributed by atoms with Gasteiger partial charge in [0, 0.05) is 26.2 Å². The molecule has 0 aliphatic rings. The molecule has 1 aromatic heterocycles. The molecule has 30 heavy (non-hydrogen) atoms. The summed E-state index contributed by atoms with van der Waals surface area (Å²) in [5.41, 5.74) is 4.56. The van der Waals surface area contributed by atoms with Crippen LogP contribution in [0, 0.1) is 13.8 Å². The van der Waals surface area contributed by atoms with Crippen molar-refractivity contribution in [2.75, 3.05) is 27.2 Å². The number of aromatic nitrogens is 3. The van der Waals surface area contributed by atoms with E-state index >= 15 is 0 Å². The van der Waals surface area contributed by atoms with Gasteiger partial charge in [0.15, 0.2) is 11.8 Å². The Bertz CT molecular complexity index is 938. The number of aromatic amines is 1. The van der Waals surface area contributed by atoms with Gasteiger partial charge < -0.3 is 15.0 Å². The monoisotopic (exact) mass is 520 g/mol. The van der Waals surface area contributed by atoms with Crippen LogP contribution in [0.25, 0.3) is 11.4 Å². The molecule has 0 saturated carbocycles. The summed E-state index contributed by atoms with van der Waals surface area (Å²) in [4.78, 5) is 10.6. The minimum Gasteiger partial charge on any atom is -0.492 e. The Balaban J connectivity index is 0.00000320. The summed E-state index contributed by atoms with van der Waals surface area (Å²) in [7, 11) is 3.79. The van der Waals surface area contributed by atoms with Crippen molar-refractivity contribution in [3.05, 3.63) is 65.5 Å². The molecule has 160 valence electrons.